The number of benzene rings is 1. The Hall–Kier alpha value is -1.08. The van der Waals surface area contributed by atoms with E-state index in [1.165, 1.54) is 12.1 Å². The Morgan fingerprint density at radius 2 is 2.14 bits per heavy atom. The van der Waals surface area contributed by atoms with E-state index in [2.05, 4.69) is 21.2 Å². The highest BCUT2D eigenvalue weighted by atomic mass is 79.9. The standard InChI is InChI=1S/C14H16BrF3N2O/c1-13(6-2-3-11(13)19)12(21)20-8-4-5-10(15)9(7-8)14(16,17)18/h4-5,7,11H,2-3,6,19H2,1H3,(H,20,21). The van der Waals surface area contributed by atoms with Crippen LogP contribution in [-0.2, 0) is 11.0 Å². The van der Waals surface area contributed by atoms with Crippen molar-refractivity contribution in [1.29, 1.82) is 0 Å². The third-order valence-corrected chi connectivity index (χ3v) is 4.77. The molecule has 3 nitrogen and oxygen atoms in total. The van der Waals surface area contributed by atoms with Crippen molar-refractivity contribution in [1.82, 2.24) is 0 Å². The van der Waals surface area contributed by atoms with E-state index in [0.29, 0.717) is 6.42 Å². The second-order valence-electron chi connectivity index (χ2n) is 5.56. The van der Waals surface area contributed by atoms with Gasteiger partial charge in [0, 0.05) is 16.2 Å². The van der Waals surface area contributed by atoms with E-state index in [1.54, 1.807) is 6.92 Å². The van der Waals surface area contributed by atoms with Crippen LogP contribution in [-0.4, -0.2) is 11.9 Å². The summed E-state index contributed by atoms with van der Waals surface area (Å²) < 4.78 is 38.5. The topological polar surface area (TPSA) is 55.1 Å². The Morgan fingerprint density at radius 3 is 2.67 bits per heavy atom. The highest BCUT2D eigenvalue weighted by Crippen LogP contribution is 2.39. The first-order valence-corrected chi connectivity index (χ1v) is 7.37. The van der Waals surface area contributed by atoms with Gasteiger partial charge in [0.15, 0.2) is 0 Å². The first-order chi connectivity index (χ1) is 9.64. The Bertz CT molecular complexity index is 562. The summed E-state index contributed by atoms with van der Waals surface area (Å²) in [6.07, 6.45) is -2.24. The van der Waals surface area contributed by atoms with Gasteiger partial charge >= 0.3 is 6.18 Å². The van der Waals surface area contributed by atoms with Crippen molar-refractivity contribution in [2.24, 2.45) is 11.1 Å². The molecule has 0 heterocycles. The van der Waals surface area contributed by atoms with Gasteiger partial charge in [-0.15, -0.1) is 0 Å². The van der Waals surface area contributed by atoms with E-state index in [4.69, 9.17) is 5.73 Å². The van der Waals surface area contributed by atoms with Crippen molar-refractivity contribution in [3.63, 3.8) is 0 Å². The molecule has 2 rings (SSSR count). The van der Waals surface area contributed by atoms with Gasteiger partial charge in [-0.1, -0.05) is 22.4 Å². The zero-order chi connectivity index (χ0) is 15.8. The van der Waals surface area contributed by atoms with Crippen LogP contribution in [0.3, 0.4) is 0 Å². The summed E-state index contributed by atoms with van der Waals surface area (Å²) in [5.41, 5.74) is 4.51. The summed E-state index contributed by atoms with van der Waals surface area (Å²) in [6, 6.07) is 3.36. The molecule has 0 spiro atoms. The highest BCUT2D eigenvalue weighted by molar-refractivity contribution is 9.10. The molecule has 1 aliphatic carbocycles. The van der Waals surface area contributed by atoms with E-state index in [0.717, 1.165) is 18.9 Å². The minimum absolute atomic E-state index is 0.0585. The van der Waals surface area contributed by atoms with Crippen LogP contribution in [0.5, 0.6) is 0 Å². The summed E-state index contributed by atoms with van der Waals surface area (Å²) >= 11 is 2.87. The minimum Gasteiger partial charge on any atom is -0.327 e. The van der Waals surface area contributed by atoms with Crippen LogP contribution in [0, 0.1) is 5.41 Å². The lowest BCUT2D eigenvalue weighted by molar-refractivity contribution is -0.138. The molecule has 1 fully saturated rings. The maximum atomic E-state index is 12.8. The second kappa shape index (κ2) is 5.61. The number of hydrogen-bond acceptors (Lipinski definition) is 2. The molecular weight excluding hydrogens is 349 g/mol. The molecule has 1 aromatic rings. The van der Waals surface area contributed by atoms with E-state index < -0.39 is 17.2 Å². The Labute approximate surface area is 129 Å². The maximum Gasteiger partial charge on any atom is 0.417 e. The van der Waals surface area contributed by atoms with Gasteiger partial charge in [0.25, 0.3) is 0 Å². The van der Waals surface area contributed by atoms with E-state index in [-0.39, 0.29) is 22.1 Å². The van der Waals surface area contributed by atoms with Gasteiger partial charge in [0.1, 0.15) is 0 Å². The first kappa shape index (κ1) is 16.3. The highest BCUT2D eigenvalue weighted by Gasteiger charge is 2.43. The van der Waals surface area contributed by atoms with Gasteiger partial charge < -0.3 is 11.1 Å². The Morgan fingerprint density at radius 1 is 1.48 bits per heavy atom. The lowest BCUT2D eigenvalue weighted by atomic mass is 9.84. The van der Waals surface area contributed by atoms with Crippen LogP contribution in [0.4, 0.5) is 18.9 Å². The zero-order valence-electron chi connectivity index (χ0n) is 11.4. The third-order valence-electron chi connectivity index (χ3n) is 4.08. The van der Waals surface area contributed by atoms with Crippen LogP contribution in [0.15, 0.2) is 22.7 Å². The molecule has 1 aliphatic rings. The molecular formula is C14H16BrF3N2O. The molecule has 0 saturated heterocycles. The normalized spacial score (nSPS) is 25.9. The number of anilines is 1. The van der Waals surface area contributed by atoms with Gasteiger partial charge in [-0.2, -0.15) is 13.2 Å². The summed E-state index contributed by atoms with van der Waals surface area (Å²) in [6.45, 7) is 1.75. The van der Waals surface area contributed by atoms with Crippen molar-refractivity contribution in [3.8, 4) is 0 Å². The van der Waals surface area contributed by atoms with Crippen LogP contribution in [0.1, 0.15) is 31.7 Å². The summed E-state index contributed by atoms with van der Waals surface area (Å²) in [5, 5.41) is 2.55. The average molecular weight is 365 g/mol. The molecule has 3 N–H and O–H groups in total. The van der Waals surface area contributed by atoms with Gasteiger partial charge in [-0.3, -0.25) is 4.79 Å². The number of nitrogens with two attached hydrogens (primary N) is 1. The predicted octanol–water partition coefficient (Wildman–Crippen LogP) is 3.92. The molecule has 0 aliphatic heterocycles. The summed E-state index contributed by atoms with van der Waals surface area (Å²) in [4.78, 5) is 12.3. The number of alkyl halides is 3. The second-order valence-corrected chi connectivity index (χ2v) is 6.42. The summed E-state index contributed by atoms with van der Waals surface area (Å²) in [5.74, 6) is -0.331. The minimum atomic E-state index is -4.48. The van der Waals surface area contributed by atoms with Crippen molar-refractivity contribution in [3.05, 3.63) is 28.2 Å². The zero-order valence-corrected chi connectivity index (χ0v) is 13.0. The molecule has 116 valence electrons. The lowest BCUT2D eigenvalue weighted by Gasteiger charge is -2.27. The maximum absolute atomic E-state index is 12.8. The Balaban J connectivity index is 2.23. The number of nitrogens with one attached hydrogen (secondary N) is 1. The van der Waals surface area contributed by atoms with E-state index in [9.17, 15) is 18.0 Å². The van der Waals surface area contributed by atoms with Crippen molar-refractivity contribution in [2.45, 2.75) is 38.4 Å². The number of carbonyl (C=O) groups is 1. The lowest BCUT2D eigenvalue weighted by Crippen LogP contribution is -2.44. The molecule has 1 saturated carbocycles. The van der Waals surface area contributed by atoms with Crippen LogP contribution < -0.4 is 11.1 Å². The van der Waals surface area contributed by atoms with Gasteiger partial charge in [0.2, 0.25) is 5.91 Å². The molecule has 1 aromatic carbocycles. The van der Waals surface area contributed by atoms with Gasteiger partial charge in [-0.25, -0.2) is 0 Å². The van der Waals surface area contributed by atoms with E-state index >= 15 is 0 Å². The third kappa shape index (κ3) is 3.23. The quantitative estimate of drug-likeness (QED) is 0.835. The van der Waals surface area contributed by atoms with Crippen molar-refractivity contribution in [2.75, 3.05) is 5.32 Å². The molecule has 2 unspecified atom stereocenters. The first-order valence-electron chi connectivity index (χ1n) is 6.58. The monoisotopic (exact) mass is 364 g/mol. The number of halogens is 4. The van der Waals surface area contributed by atoms with Crippen LogP contribution >= 0.6 is 15.9 Å². The number of carbonyl (C=O) groups excluding carboxylic acids is 1. The fraction of sp³-hybridized carbons (Fsp3) is 0.500. The van der Waals surface area contributed by atoms with Crippen molar-refractivity contribution < 1.29 is 18.0 Å². The van der Waals surface area contributed by atoms with Crippen LogP contribution in [0.25, 0.3) is 0 Å². The van der Waals surface area contributed by atoms with Crippen molar-refractivity contribution >= 4 is 27.5 Å². The SMILES string of the molecule is CC1(C(=O)Nc2ccc(Br)c(C(F)(F)F)c2)CCCC1N. The summed E-state index contributed by atoms with van der Waals surface area (Å²) in [7, 11) is 0. The molecule has 7 heteroatoms. The molecule has 21 heavy (non-hydrogen) atoms. The molecule has 1 amide bonds. The number of hydrogen-bond donors (Lipinski definition) is 2. The largest absolute Gasteiger partial charge is 0.417 e. The van der Waals surface area contributed by atoms with Gasteiger partial charge in [-0.05, 0) is 38.0 Å². The fourth-order valence-corrected chi connectivity index (χ4v) is 3.04. The van der Waals surface area contributed by atoms with E-state index in [1.807, 2.05) is 0 Å². The van der Waals surface area contributed by atoms with Gasteiger partial charge in [0.05, 0.1) is 11.0 Å². The number of rotatable bonds is 2. The van der Waals surface area contributed by atoms with Crippen LogP contribution in [0.2, 0.25) is 0 Å². The predicted molar refractivity (Wildman–Crippen MR) is 77.7 cm³/mol. The average Bonchev–Trinajstić information content (AvgIpc) is 2.72. The smallest absolute Gasteiger partial charge is 0.327 e. The molecule has 2 atom stereocenters. The molecule has 0 aromatic heterocycles. The molecule has 0 bridgehead atoms. The number of amides is 1. The fourth-order valence-electron chi connectivity index (χ4n) is 2.57. The Kier molecular flexibility index (Phi) is 4.35. The molecule has 0 radical (unpaired) electrons.